The lowest BCUT2D eigenvalue weighted by molar-refractivity contribution is -0.384. The van der Waals surface area contributed by atoms with Crippen molar-refractivity contribution in [2.75, 3.05) is 11.4 Å². The second-order valence-corrected chi connectivity index (χ2v) is 6.52. The third-order valence-corrected chi connectivity index (χ3v) is 4.82. The smallest absolute Gasteiger partial charge is 0.269 e. The molecule has 7 nitrogen and oxygen atoms in total. The van der Waals surface area contributed by atoms with E-state index in [1.54, 1.807) is 12.1 Å². The van der Waals surface area contributed by atoms with Crippen LogP contribution in [-0.2, 0) is 9.59 Å². The fraction of sp³-hybridized carbons (Fsp3) is 0.529. The van der Waals surface area contributed by atoms with Gasteiger partial charge in [0.25, 0.3) is 5.69 Å². The van der Waals surface area contributed by atoms with Crippen LogP contribution in [0.2, 0.25) is 0 Å². The topological polar surface area (TPSA) is 92.6 Å². The van der Waals surface area contributed by atoms with Crippen LogP contribution in [0.1, 0.15) is 38.5 Å². The molecule has 1 aliphatic heterocycles. The van der Waals surface area contributed by atoms with Gasteiger partial charge in [-0.2, -0.15) is 0 Å². The number of nitro benzene ring substituents is 1. The lowest BCUT2D eigenvalue weighted by Crippen LogP contribution is -2.40. The summed E-state index contributed by atoms with van der Waals surface area (Å²) in [7, 11) is 0. The van der Waals surface area contributed by atoms with Crippen LogP contribution in [0.3, 0.4) is 0 Å². The number of carbonyl (C=O) groups is 2. The van der Waals surface area contributed by atoms with Crippen LogP contribution in [0, 0.1) is 16.0 Å². The average molecular weight is 331 g/mol. The van der Waals surface area contributed by atoms with Crippen molar-refractivity contribution < 1.29 is 14.5 Å². The molecule has 0 bridgehead atoms. The molecule has 3 rings (SSSR count). The van der Waals surface area contributed by atoms with Gasteiger partial charge in [0.1, 0.15) is 0 Å². The molecule has 1 aromatic carbocycles. The first-order valence-electron chi connectivity index (χ1n) is 8.40. The maximum absolute atomic E-state index is 12.4. The Kier molecular flexibility index (Phi) is 4.78. The van der Waals surface area contributed by atoms with Crippen LogP contribution in [0.25, 0.3) is 0 Å². The summed E-state index contributed by atoms with van der Waals surface area (Å²) in [6.07, 6.45) is 5.72. The van der Waals surface area contributed by atoms with Crippen LogP contribution in [0.15, 0.2) is 24.3 Å². The molecule has 128 valence electrons. The number of nitrogens with one attached hydrogen (secondary N) is 1. The fourth-order valence-corrected chi connectivity index (χ4v) is 3.45. The summed E-state index contributed by atoms with van der Waals surface area (Å²) in [5.74, 6) is -0.526. The van der Waals surface area contributed by atoms with Gasteiger partial charge in [-0.15, -0.1) is 0 Å². The van der Waals surface area contributed by atoms with E-state index in [0.717, 1.165) is 25.7 Å². The summed E-state index contributed by atoms with van der Waals surface area (Å²) in [6.45, 7) is 0.329. The zero-order chi connectivity index (χ0) is 17.1. The number of hydrogen-bond acceptors (Lipinski definition) is 4. The maximum Gasteiger partial charge on any atom is 0.269 e. The van der Waals surface area contributed by atoms with Gasteiger partial charge in [0.15, 0.2) is 0 Å². The molecule has 1 atom stereocenters. The highest BCUT2D eigenvalue weighted by molar-refractivity contribution is 6.00. The zero-order valence-electron chi connectivity index (χ0n) is 13.4. The van der Waals surface area contributed by atoms with Gasteiger partial charge in [-0.05, 0) is 25.0 Å². The van der Waals surface area contributed by atoms with E-state index in [1.807, 2.05) is 0 Å². The first-order chi connectivity index (χ1) is 11.5. The Labute approximate surface area is 140 Å². The Bertz CT molecular complexity index is 638. The molecule has 1 saturated heterocycles. The van der Waals surface area contributed by atoms with Gasteiger partial charge >= 0.3 is 0 Å². The Balaban J connectivity index is 1.62. The SMILES string of the molecule is O=C(NC1CCCCC1)[C@H]1CC(=O)N(c2ccc([N+](=O)[O-])cc2)C1. The summed E-state index contributed by atoms with van der Waals surface area (Å²) >= 11 is 0. The van der Waals surface area contributed by atoms with E-state index in [9.17, 15) is 19.7 Å². The fourth-order valence-electron chi connectivity index (χ4n) is 3.45. The van der Waals surface area contributed by atoms with Crippen LogP contribution < -0.4 is 10.2 Å². The number of rotatable bonds is 4. The molecule has 2 aliphatic rings. The predicted octanol–water partition coefficient (Wildman–Crippen LogP) is 2.40. The number of carbonyl (C=O) groups excluding carboxylic acids is 2. The second-order valence-electron chi connectivity index (χ2n) is 6.52. The number of nitro groups is 1. The van der Waals surface area contributed by atoms with Crippen molar-refractivity contribution in [1.82, 2.24) is 5.32 Å². The minimum atomic E-state index is -0.476. The zero-order valence-corrected chi connectivity index (χ0v) is 13.4. The molecule has 2 fully saturated rings. The molecule has 1 N–H and O–H groups in total. The summed E-state index contributed by atoms with van der Waals surface area (Å²) < 4.78 is 0. The number of benzene rings is 1. The van der Waals surface area contributed by atoms with Gasteiger partial charge < -0.3 is 10.2 Å². The molecular weight excluding hydrogens is 310 g/mol. The highest BCUT2D eigenvalue weighted by Gasteiger charge is 2.36. The molecule has 2 amide bonds. The second kappa shape index (κ2) is 6.98. The van der Waals surface area contributed by atoms with Gasteiger partial charge in [0, 0.05) is 36.8 Å². The normalized spacial score (nSPS) is 21.8. The predicted molar refractivity (Wildman–Crippen MR) is 88.6 cm³/mol. The minimum Gasteiger partial charge on any atom is -0.353 e. The molecule has 7 heteroatoms. The monoisotopic (exact) mass is 331 g/mol. The van der Waals surface area contributed by atoms with Crippen molar-refractivity contribution >= 4 is 23.2 Å². The number of hydrogen-bond donors (Lipinski definition) is 1. The summed E-state index contributed by atoms with van der Waals surface area (Å²) in [6, 6.07) is 6.08. The standard InChI is InChI=1S/C17H21N3O4/c21-16-10-12(17(22)18-13-4-2-1-3-5-13)11-19(16)14-6-8-15(9-7-14)20(23)24/h6-9,12-13H,1-5,10-11H2,(H,18,22)/t12-/m0/s1. The van der Waals surface area contributed by atoms with Crippen molar-refractivity contribution in [3.8, 4) is 0 Å². The number of nitrogens with zero attached hydrogens (tertiary/aromatic N) is 2. The lowest BCUT2D eigenvalue weighted by Gasteiger charge is -2.24. The van der Waals surface area contributed by atoms with E-state index in [4.69, 9.17) is 0 Å². The lowest BCUT2D eigenvalue weighted by atomic mass is 9.95. The Morgan fingerprint density at radius 2 is 1.83 bits per heavy atom. The van der Waals surface area contributed by atoms with Crippen molar-refractivity contribution in [3.05, 3.63) is 34.4 Å². The molecule has 0 spiro atoms. The third kappa shape index (κ3) is 3.55. The molecule has 0 unspecified atom stereocenters. The molecule has 1 aliphatic carbocycles. The minimum absolute atomic E-state index is 0.0167. The number of anilines is 1. The highest BCUT2D eigenvalue weighted by Crippen LogP contribution is 2.27. The Hall–Kier alpha value is -2.44. The molecular formula is C17H21N3O4. The van der Waals surface area contributed by atoms with E-state index in [1.165, 1.54) is 23.5 Å². The van der Waals surface area contributed by atoms with E-state index < -0.39 is 4.92 Å². The molecule has 0 aromatic heterocycles. The summed E-state index contributed by atoms with van der Waals surface area (Å²) in [5.41, 5.74) is 0.579. The summed E-state index contributed by atoms with van der Waals surface area (Å²) in [5, 5.41) is 13.8. The van der Waals surface area contributed by atoms with Gasteiger partial charge in [-0.1, -0.05) is 19.3 Å². The van der Waals surface area contributed by atoms with Gasteiger partial charge in [-0.25, -0.2) is 0 Å². The molecule has 0 radical (unpaired) electrons. The Morgan fingerprint density at radius 1 is 1.17 bits per heavy atom. The first kappa shape index (κ1) is 16.4. The average Bonchev–Trinajstić information content (AvgIpc) is 2.98. The van der Waals surface area contributed by atoms with E-state index in [2.05, 4.69) is 5.32 Å². The van der Waals surface area contributed by atoms with Gasteiger partial charge in [-0.3, -0.25) is 19.7 Å². The van der Waals surface area contributed by atoms with Crippen molar-refractivity contribution in [3.63, 3.8) is 0 Å². The molecule has 1 heterocycles. The molecule has 1 saturated carbocycles. The van der Waals surface area contributed by atoms with Crippen LogP contribution in [0.4, 0.5) is 11.4 Å². The van der Waals surface area contributed by atoms with Gasteiger partial charge in [0.2, 0.25) is 11.8 Å². The van der Waals surface area contributed by atoms with E-state index >= 15 is 0 Å². The largest absolute Gasteiger partial charge is 0.353 e. The van der Waals surface area contributed by atoms with Crippen LogP contribution >= 0.6 is 0 Å². The van der Waals surface area contributed by atoms with Crippen molar-refractivity contribution in [2.24, 2.45) is 5.92 Å². The number of non-ortho nitro benzene ring substituents is 1. The quantitative estimate of drug-likeness (QED) is 0.677. The Morgan fingerprint density at radius 3 is 2.46 bits per heavy atom. The molecule has 1 aromatic rings. The maximum atomic E-state index is 12.4. The highest BCUT2D eigenvalue weighted by atomic mass is 16.6. The number of amides is 2. The van der Waals surface area contributed by atoms with Crippen molar-refractivity contribution in [1.29, 1.82) is 0 Å². The molecule has 24 heavy (non-hydrogen) atoms. The van der Waals surface area contributed by atoms with Gasteiger partial charge in [0.05, 0.1) is 10.8 Å². The van der Waals surface area contributed by atoms with E-state index in [-0.39, 0.29) is 35.9 Å². The van der Waals surface area contributed by atoms with Crippen molar-refractivity contribution in [2.45, 2.75) is 44.6 Å². The third-order valence-electron chi connectivity index (χ3n) is 4.82. The van der Waals surface area contributed by atoms with E-state index in [0.29, 0.717) is 12.2 Å². The van der Waals surface area contributed by atoms with Crippen LogP contribution in [-0.4, -0.2) is 29.3 Å². The summed E-state index contributed by atoms with van der Waals surface area (Å²) in [4.78, 5) is 36.4. The van der Waals surface area contributed by atoms with Crippen LogP contribution in [0.5, 0.6) is 0 Å². The first-order valence-corrected chi connectivity index (χ1v) is 8.40.